The van der Waals surface area contributed by atoms with Gasteiger partial charge < -0.3 is 10.5 Å². The van der Waals surface area contributed by atoms with Gasteiger partial charge in [-0.05, 0) is 49.8 Å². The predicted molar refractivity (Wildman–Crippen MR) is 77.5 cm³/mol. The molecule has 19 heavy (non-hydrogen) atoms. The molecule has 1 aromatic rings. The summed E-state index contributed by atoms with van der Waals surface area (Å²) in [5, 5.41) is 0. The molecule has 1 heterocycles. The molecule has 1 aliphatic heterocycles. The van der Waals surface area contributed by atoms with Crippen LogP contribution < -0.4 is 10.5 Å². The van der Waals surface area contributed by atoms with E-state index in [9.17, 15) is 0 Å². The van der Waals surface area contributed by atoms with Gasteiger partial charge in [0.2, 0.25) is 0 Å². The van der Waals surface area contributed by atoms with Gasteiger partial charge in [-0.1, -0.05) is 12.1 Å². The summed E-state index contributed by atoms with van der Waals surface area (Å²) in [5.74, 6) is 1.55. The SMILES string of the molecule is CCOc1ccc(C2CC(N)CN(C3CC3)C2)cc1. The average molecular weight is 260 g/mol. The molecule has 104 valence electrons. The third kappa shape index (κ3) is 3.10. The molecule has 3 nitrogen and oxygen atoms in total. The minimum atomic E-state index is 0.325. The molecule has 1 saturated heterocycles. The van der Waals surface area contributed by atoms with Crippen LogP contribution in [0.1, 0.15) is 37.7 Å². The molecule has 2 unspecified atom stereocenters. The maximum atomic E-state index is 6.23. The second kappa shape index (κ2) is 5.51. The lowest BCUT2D eigenvalue weighted by Gasteiger charge is -2.36. The Morgan fingerprint density at radius 1 is 1.21 bits per heavy atom. The average Bonchev–Trinajstić information content (AvgIpc) is 3.23. The maximum absolute atomic E-state index is 6.23. The summed E-state index contributed by atoms with van der Waals surface area (Å²) in [6, 6.07) is 9.72. The molecule has 1 saturated carbocycles. The second-order valence-electron chi connectivity index (χ2n) is 5.88. The lowest BCUT2D eigenvalue weighted by molar-refractivity contribution is 0.180. The van der Waals surface area contributed by atoms with Gasteiger partial charge >= 0.3 is 0 Å². The first-order chi connectivity index (χ1) is 9.26. The van der Waals surface area contributed by atoms with Crippen molar-refractivity contribution in [3.63, 3.8) is 0 Å². The van der Waals surface area contributed by atoms with E-state index in [1.807, 2.05) is 6.92 Å². The summed E-state index contributed by atoms with van der Waals surface area (Å²) in [6.45, 7) is 5.00. The zero-order valence-electron chi connectivity index (χ0n) is 11.7. The minimum Gasteiger partial charge on any atom is -0.494 e. The molecule has 2 fully saturated rings. The smallest absolute Gasteiger partial charge is 0.119 e. The van der Waals surface area contributed by atoms with Gasteiger partial charge in [-0.15, -0.1) is 0 Å². The molecule has 2 atom stereocenters. The van der Waals surface area contributed by atoms with E-state index < -0.39 is 0 Å². The fraction of sp³-hybridized carbons (Fsp3) is 0.625. The van der Waals surface area contributed by atoms with Gasteiger partial charge in [-0.3, -0.25) is 4.90 Å². The third-order valence-electron chi connectivity index (χ3n) is 4.24. The van der Waals surface area contributed by atoms with E-state index in [0.717, 1.165) is 31.4 Å². The van der Waals surface area contributed by atoms with Crippen LogP contribution in [-0.2, 0) is 0 Å². The van der Waals surface area contributed by atoms with Crippen LogP contribution >= 0.6 is 0 Å². The van der Waals surface area contributed by atoms with E-state index in [-0.39, 0.29) is 0 Å². The summed E-state index contributed by atoms with van der Waals surface area (Å²) in [5.41, 5.74) is 7.64. The first-order valence-corrected chi connectivity index (χ1v) is 7.48. The summed E-state index contributed by atoms with van der Waals surface area (Å²) < 4.78 is 5.50. The number of ether oxygens (including phenoxy) is 1. The molecular weight excluding hydrogens is 236 g/mol. The van der Waals surface area contributed by atoms with Crippen LogP contribution in [0.5, 0.6) is 5.75 Å². The Morgan fingerprint density at radius 3 is 2.58 bits per heavy atom. The Hall–Kier alpha value is -1.06. The second-order valence-corrected chi connectivity index (χ2v) is 5.88. The van der Waals surface area contributed by atoms with Gasteiger partial charge in [0.1, 0.15) is 5.75 Å². The van der Waals surface area contributed by atoms with E-state index in [2.05, 4.69) is 29.2 Å². The molecule has 0 radical (unpaired) electrons. The number of benzene rings is 1. The molecule has 3 heteroatoms. The lowest BCUT2D eigenvalue weighted by Crippen LogP contribution is -2.47. The zero-order valence-corrected chi connectivity index (χ0v) is 11.7. The number of nitrogens with two attached hydrogens (primary N) is 1. The number of piperidine rings is 1. The van der Waals surface area contributed by atoms with Gasteiger partial charge in [-0.2, -0.15) is 0 Å². The van der Waals surface area contributed by atoms with Gasteiger partial charge in [0.25, 0.3) is 0 Å². The largest absolute Gasteiger partial charge is 0.494 e. The first-order valence-electron chi connectivity index (χ1n) is 7.48. The highest BCUT2D eigenvalue weighted by atomic mass is 16.5. The van der Waals surface area contributed by atoms with Gasteiger partial charge in [0, 0.05) is 25.2 Å². The number of hydrogen-bond donors (Lipinski definition) is 1. The van der Waals surface area contributed by atoms with E-state index in [0.29, 0.717) is 12.0 Å². The molecule has 1 aliphatic carbocycles. The van der Waals surface area contributed by atoms with Crippen molar-refractivity contribution in [1.82, 2.24) is 4.90 Å². The summed E-state index contributed by atoms with van der Waals surface area (Å²) in [6.07, 6.45) is 3.84. The fourth-order valence-corrected chi connectivity index (χ4v) is 3.16. The standard InChI is InChI=1S/C16H24N2O/c1-2-19-16-7-3-12(4-8-16)13-9-14(17)11-18(10-13)15-5-6-15/h3-4,7-8,13-15H,2,5-6,9-11,17H2,1H3. The minimum absolute atomic E-state index is 0.325. The van der Waals surface area contributed by atoms with Crippen molar-refractivity contribution < 1.29 is 4.74 Å². The summed E-state index contributed by atoms with van der Waals surface area (Å²) >= 11 is 0. The molecule has 3 rings (SSSR count). The van der Waals surface area contributed by atoms with Crippen molar-refractivity contribution in [1.29, 1.82) is 0 Å². The Balaban J connectivity index is 1.69. The number of likely N-dealkylation sites (tertiary alicyclic amines) is 1. The van der Waals surface area contributed by atoms with Crippen LogP contribution in [0, 0.1) is 0 Å². The van der Waals surface area contributed by atoms with Crippen LogP contribution in [0.25, 0.3) is 0 Å². The topological polar surface area (TPSA) is 38.5 Å². The highest BCUT2D eigenvalue weighted by Crippen LogP contribution is 2.34. The summed E-state index contributed by atoms with van der Waals surface area (Å²) in [7, 11) is 0. The highest BCUT2D eigenvalue weighted by molar-refractivity contribution is 5.30. The van der Waals surface area contributed by atoms with Crippen molar-refractivity contribution in [3.05, 3.63) is 29.8 Å². The number of hydrogen-bond acceptors (Lipinski definition) is 3. The highest BCUT2D eigenvalue weighted by Gasteiger charge is 2.35. The van der Waals surface area contributed by atoms with Crippen LogP contribution in [0.4, 0.5) is 0 Å². The van der Waals surface area contributed by atoms with Crippen molar-refractivity contribution in [3.8, 4) is 5.75 Å². The van der Waals surface area contributed by atoms with Crippen molar-refractivity contribution >= 4 is 0 Å². The molecular formula is C16H24N2O. The van der Waals surface area contributed by atoms with E-state index in [1.54, 1.807) is 0 Å². The monoisotopic (exact) mass is 260 g/mol. The normalized spacial score (nSPS) is 28.3. The van der Waals surface area contributed by atoms with E-state index in [1.165, 1.54) is 24.9 Å². The Kier molecular flexibility index (Phi) is 3.76. The lowest BCUT2D eigenvalue weighted by atomic mass is 9.88. The van der Waals surface area contributed by atoms with E-state index in [4.69, 9.17) is 10.5 Å². The fourth-order valence-electron chi connectivity index (χ4n) is 3.16. The Morgan fingerprint density at radius 2 is 1.95 bits per heavy atom. The Bertz CT molecular complexity index is 413. The quantitative estimate of drug-likeness (QED) is 0.903. The summed E-state index contributed by atoms with van der Waals surface area (Å²) in [4.78, 5) is 2.59. The number of nitrogens with zero attached hydrogens (tertiary/aromatic N) is 1. The van der Waals surface area contributed by atoms with Crippen molar-refractivity contribution in [2.45, 2.75) is 44.2 Å². The van der Waals surface area contributed by atoms with Gasteiger partial charge in [0.15, 0.2) is 0 Å². The van der Waals surface area contributed by atoms with Crippen molar-refractivity contribution in [2.24, 2.45) is 5.73 Å². The first kappa shape index (κ1) is 12.9. The van der Waals surface area contributed by atoms with Gasteiger partial charge in [0.05, 0.1) is 6.61 Å². The van der Waals surface area contributed by atoms with Crippen molar-refractivity contribution in [2.75, 3.05) is 19.7 Å². The van der Waals surface area contributed by atoms with Crippen LogP contribution in [0.3, 0.4) is 0 Å². The van der Waals surface area contributed by atoms with Crippen LogP contribution in [0.2, 0.25) is 0 Å². The maximum Gasteiger partial charge on any atom is 0.119 e. The third-order valence-corrected chi connectivity index (χ3v) is 4.24. The molecule has 0 spiro atoms. The molecule has 0 bridgehead atoms. The van der Waals surface area contributed by atoms with E-state index >= 15 is 0 Å². The van der Waals surface area contributed by atoms with Crippen LogP contribution in [-0.4, -0.2) is 36.7 Å². The molecule has 2 aliphatic rings. The van der Waals surface area contributed by atoms with Gasteiger partial charge in [-0.25, -0.2) is 0 Å². The Labute approximate surface area is 115 Å². The molecule has 0 amide bonds. The number of rotatable bonds is 4. The zero-order chi connectivity index (χ0) is 13.2. The predicted octanol–water partition coefficient (Wildman–Crippen LogP) is 2.36. The molecule has 1 aromatic carbocycles. The van der Waals surface area contributed by atoms with Crippen LogP contribution in [0.15, 0.2) is 24.3 Å². The molecule has 2 N–H and O–H groups in total. The molecule has 0 aromatic heterocycles.